The summed E-state index contributed by atoms with van der Waals surface area (Å²) in [5.74, 6) is 0. The lowest BCUT2D eigenvalue weighted by molar-refractivity contribution is -0.137. The Morgan fingerprint density at radius 2 is 1.79 bits per heavy atom. The average molecular weight is 375 g/mol. The molecule has 9 heteroatoms. The van der Waals surface area contributed by atoms with Gasteiger partial charge in [0, 0.05) is 5.33 Å². The van der Waals surface area contributed by atoms with E-state index < -0.39 is 11.7 Å². The first-order valence-corrected chi connectivity index (χ1v) is 6.74. The van der Waals surface area contributed by atoms with Crippen LogP contribution in [0.15, 0.2) is 18.3 Å². The van der Waals surface area contributed by atoms with Crippen molar-refractivity contribution in [3.05, 3.63) is 39.6 Å². The smallest absolute Gasteiger partial charge is 0.166 e. The number of hydrogen-bond acceptors (Lipinski definition) is 2. The molecule has 0 saturated carbocycles. The second kappa shape index (κ2) is 5.30. The highest BCUT2D eigenvalue weighted by atomic mass is 79.9. The van der Waals surface area contributed by atoms with E-state index in [4.69, 9.17) is 23.2 Å². The van der Waals surface area contributed by atoms with E-state index in [0.29, 0.717) is 11.0 Å². The molecule has 2 aromatic rings. The topological polar surface area (TPSA) is 30.7 Å². The van der Waals surface area contributed by atoms with Crippen LogP contribution in [0.1, 0.15) is 11.3 Å². The molecule has 0 radical (unpaired) electrons. The van der Waals surface area contributed by atoms with Gasteiger partial charge in [-0.25, -0.2) is 0 Å². The van der Waals surface area contributed by atoms with Crippen LogP contribution in [0.25, 0.3) is 5.69 Å². The maximum Gasteiger partial charge on any atom is 0.416 e. The lowest BCUT2D eigenvalue weighted by Gasteiger charge is -2.11. The molecular formula is C10H5BrCl2F3N3. The van der Waals surface area contributed by atoms with Crippen LogP contribution in [0.3, 0.4) is 0 Å². The van der Waals surface area contributed by atoms with E-state index in [1.165, 1.54) is 6.20 Å². The minimum atomic E-state index is -4.51. The van der Waals surface area contributed by atoms with Crippen molar-refractivity contribution in [1.82, 2.24) is 15.0 Å². The zero-order chi connectivity index (χ0) is 14.2. The van der Waals surface area contributed by atoms with E-state index in [0.717, 1.165) is 16.9 Å². The van der Waals surface area contributed by atoms with Crippen molar-refractivity contribution in [3.63, 3.8) is 0 Å². The van der Waals surface area contributed by atoms with E-state index in [1.807, 2.05) is 0 Å². The number of hydrogen-bond donors (Lipinski definition) is 0. The summed E-state index contributed by atoms with van der Waals surface area (Å²) in [6.07, 6.45) is -3.05. The van der Waals surface area contributed by atoms with Gasteiger partial charge in [0.15, 0.2) is 0 Å². The third kappa shape index (κ3) is 3.04. The van der Waals surface area contributed by atoms with Gasteiger partial charge in [0.05, 0.1) is 27.5 Å². The van der Waals surface area contributed by atoms with Crippen LogP contribution in [0.5, 0.6) is 0 Å². The molecule has 0 fully saturated rings. The van der Waals surface area contributed by atoms with Crippen LogP contribution in [0.4, 0.5) is 13.2 Å². The van der Waals surface area contributed by atoms with Crippen molar-refractivity contribution in [2.24, 2.45) is 0 Å². The Bertz CT molecular complexity index is 589. The average Bonchev–Trinajstić information content (AvgIpc) is 2.75. The largest absolute Gasteiger partial charge is 0.416 e. The van der Waals surface area contributed by atoms with Crippen LogP contribution in [0, 0.1) is 0 Å². The molecule has 0 atom stereocenters. The first-order chi connectivity index (χ1) is 8.82. The number of nitrogens with zero attached hydrogens (tertiary/aromatic N) is 3. The summed E-state index contributed by atoms with van der Waals surface area (Å²) in [5.41, 5.74) is -0.199. The van der Waals surface area contributed by atoms with Gasteiger partial charge in [0.25, 0.3) is 0 Å². The molecule has 0 spiro atoms. The minimum absolute atomic E-state index is 0.114. The molecule has 0 bridgehead atoms. The van der Waals surface area contributed by atoms with Crippen LogP contribution in [-0.4, -0.2) is 15.0 Å². The van der Waals surface area contributed by atoms with E-state index in [2.05, 4.69) is 26.1 Å². The van der Waals surface area contributed by atoms with E-state index in [-0.39, 0.29) is 15.7 Å². The van der Waals surface area contributed by atoms with Crippen molar-refractivity contribution in [1.29, 1.82) is 0 Å². The van der Waals surface area contributed by atoms with E-state index in [9.17, 15) is 13.2 Å². The zero-order valence-corrected chi connectivity index (χ0v) is 12.1. The van der Waals surface area contributed by atoms with Crippen LogP contribution in [-0.2, 0) is 11.5 Å². The number of halogens is 6. The normalized spacial score (nSPS) is 11.9. The Kier molecular flexibility index (Phi) is 4.08. The van der Waals surface area contributed by atoms with Gasteiger partial charge >= 0.3 is 6.18 Å². The Balaban J connectivity index is 2.53. The highest BCUT2D eigenvalue weighted by molar-refractivity contribution is 9.08. The van der Waals surface area contributed by atoms with Crippen molar-refractivity contribution in [2.45, 2.75) is 11.5 Å². The summed E-state index contributed by atoms with van der Waals surface area (Å²) in [6, 6.07) is 1.58. The standard InChI is InChI=1S/C10H5BrCl2F3N3/c11-3-6-4-17-19(18-6)9-7(12)1-5(2-8(9)13)10(14,15)16/h1-2,4H,3H2. The molecule has 0 amide bonds. The summed E-state index contributed by atoms with van der Waals surface area (Å²) < 4.78 is 37.7. The SMILES string of the molecule is FC(F)(F)c1cc(Cl)c(-n2ncc(CBr)n2)c(Cl)c1. The fourth-order valence-corrected chi connectivity index (χ4v) is 2.28. The van der Waals surface area contributed by atoms with Crippen molar-refractivity contribution < 1.29 is 13.2 Å². The molecule has 2 rings (SSSR count). The molecule has 102 valence electrons. The molecule has 0 saturated heterocycles. The Morgan fingerprint density at radius 1 is 1.21 bits per heavy atom. The van der Waals surface area contributed by atoms with Crippen LogP contribution in [0.2, 0.25) is 10.0 Å². The third-order valence-corrected chi connectivity index (χ3v) is 3.37. The summed E-state index contributed by atoms with van der Waals surface area (Å²) in [5, 5.41) is 8.04. The maximum atomic E-state index is 12.6. The molecule has 3 nitrogen and oxygen atoms in total. The quantitative estimate of drug-likeness (QED) is 0.725. The third-order valence-electron chi connectivity index (χ3n) is 2.22. The van der Waals surface area contributed by atoms with Crippen LogP contribution >= 0.6 is 39.1 Å². The molecule has 0 N–H and O–H groups in total. The van der Waals surface area contributed by atoms with Gasteiger partial charge in [-0.15, -0.1) is 4.80 Å². The van der Waals surface area contributed by atoms with Gasteiger partial charge in [0.1, 0.15) is 5.69 Å². The molecule has 19 heavy (non-hydrogen) atoms. The molecule has 1 aromatic heterocycles. The van der Waals surface area contributed by atoms with Gasteiger partial charge in [-0.05, 0) is 12.1 Å². The lowest BCUT2D eigenvalue weighted by atomic mass is 10.2. The molecule has 1 aromatic carbocycles. The minimum Gasteiger partial charge on any atom is -0.166 e. The van der Waals surface area contributed by atoms with Gasteiger partial charge in [-0.2, -0.15) is 23.4 Å². The number of aromatic nitrogens is 3. The zero-order valence-electron chi connectivity index (χ0n) is 9.05. The highest BCUT2D eigenvalue weighted by Gasteiger charge is 2.32. The van der Waals surface area contributed by atoms with Gasteiger partial charge < -0.3 is 0 Å². The lowest BCUT2D eigenvalue weighted by Crippen LogP contribution is -2.08. The van der Waals surface area contributed by atoms with E-state index >= 15 is 0 Å². The summed E-state index contributed by atoms with van der Waals surface area (Å²) in [6.45, 7) is 0. The second-order valence-corrected chi connectivity index (χ2v) is 4.92. The fourth-order valence-electron chi connectivity index (χ4n) is 1.38. The van der Waals surface area contributed by atoms with E-state index in [1.54, 1.807) is 0 Å². The predicted molar refractivity (Wildman–Crippen MR) is 69.0 cm³/mol. The Morgan fingerprint density at radius 3 is 2.21 bits per heavy atom. The Hall–Kier alpha value is -0.790. The fraction of sp³-hybridized carbons (Fsp3) is 0.200. The maximum absolute atomic E-state index is 12.6. The van der Waals surface area contributed by atoms with Crippen LogP contribution < -0.4 is 0 Å². The molecule has 0 aliphatic heterocycles. The van der Waals surface area contributed by atoms with Gasteiger partial charge in [0.2, 0.25) is 0 Å². The molecule has 1 heterocycles. The predicted octanol–water partition coefficient (Wildman–Crippen LogP) is 4.49. The molecule has 0 aliphatic rings. The monoisotopic (exact) mass is 373 g/mol. The summed E-state index contributed by atoms with van der Waals surface area (Å²) in [7, 11) is 0. The van der Waals surface area contributed by atoms with Crippen molar-refractivity contribution in [2.75, 3.05) is 0 Å². The highest BCUT2D eigenvalue weighted by Crippen LogP contribution is 2.37. The Labute approximate surface area is 124 Å². The second-order valence-electron chi connectivity index (χ2n) is 3.55. The molecule has 0 aliphatic carbocycles. The van der Waals surface area contributed by atoms with Gasteiger partial charge in [-0.3, -0.25) is 0 Å². The molecule has 0 unspecified atom stereocenters. The van der Waals surface area contributed by atoms with Gasteiger partial charge in [-0.1, -0.05) is 39.1 Å². The number of rotatable bonds is 2. The van der Waals surface area contributed by atoms with Crippen molar-refractivity contribution in [3.8, 4) is 5.69 Å². The number of alkyl halides is 4. The first kappa shape index (κ1) is 14.6. The first-order valence-electron chi connectivity index (χ1n) is 4.86. The summed E-state index contributed by atoms with van der Waals surface area (Å²) >= 11 is 14.8. The number of benzene rings is 1. The molecular weight excluding hydrogens is 370 g/mol. The summed E-state index contributed by atoms with van der Waals surface area (Å²) in [4.78, 5) is 1.10. The van der Waals surface area contributed by atoms with Crippen molar-refractivity contribution >= 4 is 39.1 Å².